The predicted octanol–water partition coefficient (Wildman–Crippen LogP) is 3.12. The van der Waals surface area contributed by atoms with Crippen molar-refractivity contribution in [1.29, 1.82) is 0 Å². The number of allylic oxidation sites excluding steroid dienone is 1. The third-order valence-electron chi connectivity index (χ3n) is 2.02. The SMILES string of the molecule is C=C(C)OCCC(=O)c1cccc(C)c1. The molecule has 0 saturated carbocycles. The number of carbonyl (C=O) groups is 1. The maximum atomic E-state index is 11.7. The molecule has 0 aliphatic rings. The number of hydrogen-bond acceptors (Lipinski definition) is 2. The Morgan fingerprint density at radius 2 is 2.20 bits per heavy atom. The number of ketones is 1. The summed E-state index contributed by atoms with van der Waals surface area (Å²) in [5, 5.41) is 0. The van der Waals surface area contributed by atoms with Gasteiger partial charge in [-0.15, -0.1) is 0 Å². The van der Waals surface area contributed by atoms with Crippen LogP contribution in [0.2, 0.25) is 0 Å². The van der Waals surface area contributed by atoms with Crippen LogP contribution in [0, 0.1) is 6.92 Å². The van der Waals surface area contributed by atoms with Crippen LogP contribution in [0.1, 0.15) is 29.3 Å². The van der Waals surface area contributed by atoms with E-state index in [1.165, 1.54) is 0 Å². The van der Waals surface area contributed by atoms with E-state index in [9.17, 15) is 4.79 Å². The van der Waals surface area contributed by atoms with Crippen LogP contribution in [0.3, 0.4) is 0 Å². The fraction of sp³-hybridized carbons (Fsp3) is 0.308. The van der Waals surface area contributed by atoms with Gasteiger partial charge in [-0.3, -0.25) is 4.79 Å². The molecule has 0 bridgehead atoms. The summed E-state index contributed by atoms with van der Waals surface area (Å²) in [6.45, 7) is 7.76. The molecular weight excluding hydrogens is 188 g/mol. The molecule has 0 radical (unpaired) electrons. The van der Waals surface area contributed by atoms with Crippen molar-refractivity contribution in [1.82, 2.24) is 0 Å². The van der Waals surface area contributed by atoms with Crippen LogP contribution in [-0.4, -0.2) is 12.4 Å². The van der Waals surface area contributed by atoms with Gasteiger partial charge in [-0.05, 0) is 19.9 Å². The molecule has 2 heteroatoms. The van der Waals surface area contributed by atoms with Crippen LogP contribution in [0.25, 0.3) is 0 Å². The molecule has 0 atom stereocenters. The molecule has 0 heterocycles. The Bertz CT molecular complexity index is 367. The van der Waals surface area contributed by atoms with Gasteiger partial charge in [-0.1, -0.05) is 30.3 Å². The lowest BCUT2D eigenvalue weighted by atomic mass is 10.1. The molecule has 0 aromatic heterocycles. The zero-order valence-corrected chi connectivity index (χ0v) is 9.25. The van der Waals surface area contributed by atoms with Crippen molar-refractivity contribution in [3.63, 3.8) is 0 Å². The third kappa shape index (κ3) is 3.98. The highest BCUT2D eigenvalue weighted by Gasteiger charge is 2.05. The first-order valence-corrected chi connectivity index (χ1v) is 4.98. The van der Waals surface area contributed by atoms with E-state index in [0.717, 1.165) is 11.1 Å². The number of Topliss-reactive ketones (excluding diaryl/α,β-unsaturated/α-hetero) is 1. The average molecular weight is 204 g/mol. The molecule has 0 aliphatic heterocycles. The average Bonchev–Trinajstić information content (AvgIpc) is 2.17. The van der Waals surface area contributed by atoms with Gasteiger partial charge in [0.05, 0.1) is 12.4 Å². The van der Waals surface area contributed by atoms with Crippen LogP contribution in [0.5, 0.6) is 0 Å². The van der Waals surface area contributed by atoms with Gasteiger partial charge >= 0.3 is 0 Å². The minimum absolute atomic E-state index is 0.111. The van der Waals surface area contributed by atoms with E-state index >= 15 is 0 Å². The van der Waals surface area contributed by atoms with Crippen molar-refractivity contribution >= 4 is 5.78 Å². The Hall–Kier alpha value is -1.57. The van der Waals surface area contributed by atoms with Crippen molar-refractivity contribution in [3.05, 3.63) is 47.7 Å². The molecule has 1 aromatic carbocycles. The molecule has 0 N–H and O–H groups in total. The minimum atomic E-state index is 0.111. The summed E-state index contributed by atoms with van der Waals surface area (Å²) in [5.74, 6) is 0.756. The number of hydrogen-bond donors (Lipinski definition) is 0. The van der Waals surface area contributed by atoms with Crippen LogP contribution >= 0.6 is 0 Å². The summed E-state index contributed by atoms with van der Waals surface area (Å²) < 4.78 is 5.15. The second-order valence-electron chi connectivity index (χ2n) is 3.59. The van der Waals surface area contributed by atoms with E-state index < -0.39 is 0 Å². The molecule has 2 nitrogen and oxygen atoms in total. The molecule has 0 amide bonds. The lowest BCUT2D eigenvalue weighted by Gasteiger charge is -2.04. The number of aryl methyl sites for hydroxylation is 1. The van der Waals surface area contributed by atoms with Crippen molar-refractivity contribution in [2.45, 2.75) is 20.3 Å². The van der Waals surface area contributed by atoms with Crippen LogP contribution in [-0.2, 0) is 4.74 Å². The largest absolute Gasteiger partial charge is 0.498 e. The lowest BCUT2D eigenvalue weighted by Crippen LogP contribution is -2.04. The molecular formula is C13H16O2. The van der Waals surface area contributed by atoms with Crippen molar-refractivity contribution in [2.75, 3.05) is 6.61 Å². The summed E-state index contributed by atoms with van der Waals surface area (Å²) in [6.07, 6.45) is 0.399. The zero-order chi connectivity index (χ0) is 11.3. The Labute approximate surface area is 90.6 Å². The molecule has 0 unspecified atom stereocenters. The highest BCUT2D eigenvalue weighted by molar-refractivity contribution is 5.96. The van der Waals surface area contributed by atoms with E-state index in [4.69, 9.17) is 4.74 Å². The van der Waals surface area contributed by atoms with Gasteiger partial charge in [0.1, 0.15) is 0 Å². The Balaban J connectivity index is 2.50. The molecule has 1 rings (SSSR count). The van der Waals surface area contributed by atoms with E-state index in [0.29, 0.717) is 18.8 Å². The van der Waals surface area contributed by atoms with Gasteiger partial charge in [0.2, 0.25) is 0 Å². The molecule has 80 valence electrons. The van der Waals surface area contributed by atoms with E-state index in [1.54, 1.807) is 6.92 Å². The first-order chi connectivity index (χ1) is 7.09. The first kappa shape index (κ1) is 11.5. The normalized spacial score (nSPS) is 9.73. The standard InChI is InChI=1S/C13H16O2/c1-10(2)15-8-7-13(14)12-6-4-5-11(3)9-12/h4-6,9H,1,7-8H2,2-3H3. The molecule has 0 aliphatic carbocycles. The smallest absolute Gasteiger partial charge is 0.166 e. The summed E-state index contributed by atoms with van der Waals surface area (Å²) in [7, 11) is 0. The molecule has 15 heavy (non-hydrogen) atoms. The van der Waals surface area contributed by atoms with E-state index in [-0.39, 0.29) is 5.78 Å². The van der Waals surface area contributed by atoms with Gasteiger partial charge in [0.15, 0.2) is 5.78 Å². The summed E-state index contributed by atoms with van der Waals surface area (Å²) in [4.78, 5) is 11.7. The Morgan fingerprint density at radius 1 is 1.47 bits per heavy atom. The zero-order valence-electron chi connectivity index (χ0n) is 9.25. The summed E-state index contributed by atoms with van der Waals surface area (Å²) in [6, 6.07) is 7.59. The third-order valence-corrected chi connectivity index (χ3v) is 2.02. The fourth-order valence-corrected chi connectivity index (χ4v) is 1.28. The second kappa shape index (κ2) is 5.35. The number of carbonyl (C=O) groups excluding carboxylic acids is 1. The minimum Gasteiger partial charge on any atom is -0.498 e. The Morgan fingerprint density at radius 3 is 2.80 bits per heavy atom. The van der Waals surface area contributed by atoms with Crippen molar-refractivity contribution in [3.8, 4) is 0 Å². The van der Waals surface area contributed by atoms with Gasteiger partial charge in [0.25, 0.3) is 0 Å². The molecule has 1 aromatic rings. The van der Waals surface area contributed by atoms with Crippen LogP contribution in [0.15, 0.2) is 36.6 Å². The maximum Gasteiger partial charge on any atom is 0.166 e. The molecule has 0 fully saturated rings. The van der Waals surface area contributed by atoms with Gasteiger partial charge in [-0.2, -0.15) is 0 Å². The van der Waals surface area contributed by atoms with Gasteiger partial charge in [-0.25, -0.2) is 0 Å². The number of benzene rings is 1. The highest BCUT2D eigenvalue weighted by atomic mass is 16.5. The number of ether oxygens (including phenoxy) is 1. The van der Waals surface area contributed by atoms with Crippen molar-refractivity contribution in [2.24, 2.45) is 0 Å². The number of rotatable bonds is 5. The van der Waals surface area contributed by atoms with Crippen LogP contribution in [0.4, 0.5) is 0 Å². The predicted molar refractivity (Wildman–Crippen MR) is 60.9 cm³/mol. The summed E-state index contributed by atoms with van der Waals surface area (Å²) in [5.41, 5.74) is 1.85. The highest BCUT2D eigenvalue weighted by Crippen LogP contribution is 2.07. The molecule has 0 spiro atoms. The molecule has 0 saturated heterocycles. The van der Waals surface area contributed by atoms with Gasteiger partial charge < -0.3 is 4.74 Å². The fourth-order valence-electron chi connectivity index (χ4n) is 1.28. The van der Waals surface area contributed by atoms with Crippen molar-refractivity contribution < 1.29 is 9.53 Å². The second-order valence-corrected chi connectivity index (χ2v) is 3.59. The van der Waals surface area contributed by atoms with E-state index in [2.05, 4.69) is 6.58 Å². The first-order valence-electron chi connectivity index (χ1n) is 4.98. The topological polar surface area (TPSA) is 26.3 Å². The Kier molecular flexibility index (Phi) is 4.10. The monoisotopic (exact) mass is 204 g/mol. The lowest BCUT2D eigenvalue weighted by molar-refractivity contribution is 0.0940. The maximum absolute atomic E-state index is 11.7. The quantitative estimate of drug-likeness (QED) is 0.544. The van der Waals surface area contributed by atoms with Crippen LogP contribution < -0.4 is 0 Å². The van der Waals surface area contributed by atoms with E-state index in [1.807, 2.05) is 31.2 Å². The summed E-state index contributed by atoms with van der Waals surface area (Å²) >= 11 is 0. The van der Waals surface area contributed by atoms with Gasteiger partial charge in [0, 0.05) is 12.0 Å².